The van der Waals surface area contributed by atoms with E-state index in [9.17, 15) is 9.59 Å². The van der Waals surface area contributed by atoms with Crippen molar-refractivity contribution in [1.29, 1.82) is 0 Å². The van der Waals surface area contributed by atoms with Crippen molar-refractivity contribution in [2.24, 2.45) is 5.92 Å². The first-order valence-electron chi connectivity index (χ1n) is 11.3. The van der Waals surface area contributed by atoms with Gasteiger partial charge in [-0.2, -0.15) is 0 Å². The molecule has 0 radical (unpaired) electrons. The van der Waals surface area contributed by atoms with E-state index in [0.717, 1.165) is 25.7 Å². The lowest BCUT2D eigenvalue weighted by atomic mass is 9.89. The van der Waals surface area contributed by atoms with E-state index >= 15 is 0 Å². The van der Waals surface area contributed by atoms with Crippen LogP contribution in [0.1, 0.15) is 61.4 Å². The highest BCUT2D eigenvalue weighted by Crippen LogP contribution is 2.38. The van der Waals surface area contributed by atoms with Gasteiger partial charge < -0.3 is 23.5 Å². The van der Waals surface area contributed by atoms with Gasteiger partial charge in [-0.1, -0.05) is 63.4 Å². The molecule has 0 amide bonds. The molecule has 0 aliphatic rings. The predicted octanol–water partition coefficient (Wildman–Crippen LogP) is 5.38. The summed E-state index contributed by atoms with van der Waals surface area (Å²) in [6.45, 7) is 4.52. The molecular formula is C26H37O7P. The Labute approximate surface area is 204 Å². The number of hydrogen-bond acceptors (Lipinski definition) is 7. The lowest BCUT2D eigenvalue weighted by molar-refractivity contribution is -0.145. The zero-order valence-corrected chi connectivity index (χ0v) is 22.2. The van der Waals surface area contributed by atoms with Crippen molar-refractivity contribution < 1.29 is 33.1 Å². The van der Waals surface area contributed by atoms with Crippen LogP contribution >= 0.6 is 9.12 Å². The summed E-state index contributed by atoms with van der Waals surface area (Å²) < 4.78 is 30.1. The van der Waals surface area contributed by atoms with Gasteiger partial charge in [0, 0.05) is 12.1 Å². The van der Waals surface area contributed by atoms with Gasteiger partial charge >= 0.3 is 5.97 Å². The number of carbonyl (C=O) groups excluding carboxylic acids is 2. The topological polar surface area (TPSA) is 88.1 Å². The third-order valence-corrected chi connectivity index (χ3v) is 5.60. The largest absolute Gasteiger partial charge is 0.496 e. The molecule has 2 aromatic carbocycles. The monoisotopic (exact) mass is 492 g/mol. The summed E-state index contributed by atoms with van der Waals surface area (Å²) >= 11 is 0. The molecule has 0 saturated heterocycles. The third kappa shape index (κ3) is 7.91. The van der Waals surface area contributed by atoms with E-state index in [1.165, 1.54) is 21.3 Å². The highest BCUT2D eigenvalue weighted by atomic mass is 31.0. The first-order chi connectivity index (χ1) is 16.5. The van der Waals surface area contributed by atoms with Crippen molar-refractivity contribution in [1.82, 2.24) is 0 Å². The summed E-state index contributed by atoms with van der Waals surface area (Å²) in [7, 11) is 5.05. The van der Waals surface area contributed by atoms with Gasteiger partial charge in [-0.05, 0) is 17.9 Å². The lowest BCUT2D eigenvalue weighted by Gasteiger charge is -2.21. The van der Waals surface area contributed by atoms with Crippen molar-refractivity contribution >= 4 is 20.9 Å². The van der Waals surface area contributed by atoms with Crippen LogP contribution in [0.15, 0.2) is 42.5 Å². The lowest BCUT2D eigenvalue weighted by Crippen LogP contribution is -2.27. The average molecular weight is 493 g/mol. The van der Waals surface area contributed by atoms with Crippen molar-refractivity contribution in [2.75, 3.05) is 27.9 Å². The SMILES string of the molecule is CCCCC(CC)COC(=O)C(C(=O)c1c(OC)cc(OC)cc1OC)c1ccccc1.O=[PH3]. The zero-order chi connectivity index (χ0) is 25.5. The summed E-state index contributed by atoms with van der Waals surface area (Å²) in [4.78, 5) is 27.0. The highest BCUT2D eigenvalue weighted by Gasteiger charge is 2.35. The Morgan fingerprint density at radius 3 is 1.97 bits per heavy atom. The van der Waals surface area contributed by atoms with Crippen LogP contribution in [0.4, 0.5) is 0 Å². The molecule has 0 heterocycles. The normalized spacial score (nSPS) is 12.0. The second-order valence-corrected chi connectivity index (χ2v) is 7.66. The number of ketones is 1. The Bertz CT molecular complexity index is 876. The third-order valence-electron chi connectivity index (χ3n) is 5.60. The number of rotatable bonds is 13. The van der Waals surface area contributed by atoms with Gasteiger partial charge in [-0.15, -0.1) is 0 Å². The first kappa shape index (κ1) is 29.2. The molecule has 2 rings (SSSR count). The van der Waals surface area contributed by atoms with Crippen molar-refractivity contribution in [3.05, 3.63) is 53.6 Å². The Morgan fingerprint density at radius 2 is 1.50 bits per heavy atom. The van der Waals surface area contributed by atoms with Gasteiger partial charge in [0.2, 0.25) is 0 Å². The van der Waals surface area contributed by atoms with Crippen molar-refractivity contribution in [3.8, 4) is 17.2 Å². The van der Waals surface area contributed by atoms with Gasteiger partial charge in [-0.25, -0.2) is 0 Å². The fraction of sp³-hybridized carbons (Fsp3) is 0.462. The molecule has 0 aliphatic carbocycles. The number of ether oxygens (including phenoxy) is 4. The van der Waals surface area contributed by atoms with E-state index in [4.69, 9.17) is 23.5 Å². The van der Waals surface area contributed by atoms with E-state index < -0.39 is 17.7 Å². The van der Waals surface area contributed by atoms with Crippen molar-refractivity contribution in [2.45, 2.75) is 45.4 Å². The fourth-order valence-electron chi connectivity index (χ4n) is 3.61. The average Bonchev–Trinajstić information content (AvgIpc) is 2.89. The molecule has 3 unspecified atom stereocenters. The first-order valence-corrected chi connectivity index (χ1v) is 11.9. The molecular weight excluding hydrogens is 455 g/mol. The molecule has 7 nitrogen and oxygen atoms in total. The molecule has 0 aliphatic heterocycles. The van der Waals surface area contributed by atoms with Crippen LogP contribution < -0.4 is 14.2 Å². The quantitative estimate of drug-likeness (QED) is 0.161. The van der Waals surface area contributed by atoms with E-state index in [2.05, 4.69) is 13.8 Å². The number of unbranched alkanes of at least 4 members (excludes halogenated alkanes) is 1. The molecule has 8 heteroatoms. The summed E-state index contributed by atoms with van der Waals surface area (Å²) in [5.74, 6) is -0.846. The Hall–Kier alpha value is -2.79. The zero-order valence-electron chi connectivity index (χ0n) is 20.8. The Balaban J connectivity index is 0.00000281. The van der Waals surface area contributed by atoms with E-state index in [1.54, 1.807) is 36.4 Å². The van der Waals surface area contributed by atoms with Crippen LogP contribution in [0.3, 0.4) is 0 Å². The van der Waals surface area contributed by atoms with Crippen LogP contribution in [0.5, 0.6) is 17.2 Å². The van der Waals surface area contributed by atoms with Gasteiger partial charge in [0.05, 0.1) is 37.1 Å². The van der Waals surface area contributed by atoms with Crippen LogP contribution in [0.25, 0.3) is 0 Å². The molecule has 0 saturated carbocycles. The van der Waals surface area contributed by atoms with Crippen LogP contribution in [-0.2, 0) is 14.1 Å². The summed E-state index contributed by atoms with van der Waals surface area (Å²) in [6.07, 6.45) is 4.08. The van der Waals surface area contributed by atoms with Crippen molar-refractivity contribution in [3.63, 3.8) is 0 Å². The van der Waals surface area contributed by atoms with Gasteiger partial charge in [0.15, 0.2) is 5.78 Å². The maximum Gasteiger partial charge on any atom is 0.321 e. The van der Waals surface area contributed by atoms with Crippen LogP contribution in [0, 0.1) is 5.92 Å². The number of benzene rings is 2. The molecule has 0 bridgehead atoms. The Kier molecular flexibility index (Phi) is 13.7. The second kappa shape index (κ2) is 15.9. The number of carbonyl (C=O) groups is 2. The molecule has 188 valence electrons. The molecule has 0 spiro atoms. The van der Waals surface area contributed by atoms with Gasteiger partial charge in [0.25, 0.3) is 0 Å². The second-order valence-electron chi connectivity index (χ2n) is 7.66. The highest BCUT2D eigenvalue weighted by molar-refractivity contribution is 7.00. The van der Waals surface area contributed by atoms with Crippen LogP contribution in [0.2, 0.25) is 0 Å². The minimum absolute atomic E-state index is 0.180. The number of Topliss-reactive ketones (excluding diaryl/α,β-unsaturated/α-hetero) is 1. The predicted molar refractivity (Wildman–Crippen MR) is 136 cm³/mol. The molecule has 2 aromatic rings. The summed E-state index contributed by atoms with van der Waals surface area (Å²) in [6, 6.07) is 12.1. The van der Waals surface area contributed by atoms with Gasteiger partial charge in [0.1, 0.15) is 28.7 Å². The van der Waals surface area contributed by atoms with Crippen LogP contribution in [-0.4, -0.2) is 39.7 Å². The van der Waals surface area contributed by atoms with E-state index in [1.807, 2.05) is 6.07 Å². The number of esters is 1. The van der Waals surface area contributed by atoms with E-state index in [0.29, 0.717) is 27.0 Å². The maximum atomic E-state index is 13.7. The molecule has 3 atom stereocenters. The fourth-order valence-corrected chi connectivity index (χ4v) is 3.61. The summed E-state index contributed by atoms with van der Waals surface area (Å²) in [5, 5.41) is 0. The minimum Gasteiger partial charge on any atom is -0.496 e. The maximum absolute atomic E-state index is 13.7. The number of methoxy groups -OCH3 is 3. The molecule has 0 N–H and O–H groups in total. The standard InChI is InChI=1S/C26H34O6.H3OP/c1-6-8-12-18(7-2)17-32-26(28)23(19-13-10-9-11-14-19)25(27)24-21(30-4)15-20(29-3)16-22(24)31-5;1-2/h9-11,13-16,18,23H,6-8,12,17H2,1-5H3;2H3. The minimum atomic E-state index is -1.13. The molecule has 0 aromatic heterocycles. The summed E-state index contributed by atoms with van der Waals surface area (Å²) in [5.41, 5.74) is 0.739. The molecule has 34 heavy (non-hydrogen) atoms. The Morgan fingerprint density at radius 1 is 0.912 bits per heavy atom. The molecule has 0 fully saturated rings. The van der Waals surface area contributed by atoms with Gasteiger partial charge in [-0.3, -0.25) is 9.59 Å². The van der Waals surface area contributed by atoms with E-state index in [-0.39, 0.29) is 23.0 Å². The number of hydrogen-bond donors (Lipinski definition) is 0. The smallest absolute Gasteiger partial charge is 0.321 e.